The molecule has 0 unspecified atom stereocenters. The van der Waals surface area contributed by atoms with Gasteiger partial charge in [0.25, 0.3) is 5.91 Å². The molecule has 0 saturated carbocycles. The molecule has 0 bridgehead atoms. The molecule has 0 radical (unpaired) electrons. The van der Waals surface area contributed by atoms with Crippen LogP contribution < -0.4 is 5.32 Å². The van der Waals surface area contributed by atoms with Crippen molar-refractivity contribution in [3.63, 3.8) is 0 Å². The highest BCUT2D eigenvalue weighted by Crippen LogP contribution is 2.15. The van der Waals surface area contributed by atoms with Gasteiger partial charge in [-0.05, 0) is 31.9 Å². The molecule has 0 aliphatic heterocycles. The number of nitrogens with zero attached hydrogens (tertiary/aromatic N) is 1. The van der Waals surface area contributed by atoms with Gasteiger partial charge >= 0.3 is 0 Å². The normalized spacial score (nSPS) is 11.2. The third-order valence-corrected chi connectivity index (χ3v) is 2.98. The van der Waals surface area contributed by atoms with E-state index in [1.165, 1.54) is 12.3 Å². The number of halogens is 1. The number of amides is 1. The summed E-state index contributed by atoms with van der Waals surface area (Å²) in [5.41, 5.74) is -0.296. The summed E-state index contributed by atoms with van der Waals surface area (Å²) in [5, 5.41) is 2.83. The Bertz CT molecular complexity index is 375. The predicted octanol–water partition coefficient (Wildman–Crippen LogP) is 2.53. The lowest BCUT2D eigenvalue weighted by molar-refractivity contribution is 0.0896. The molecular formula is C12H17FN2O. The van der Waals surface area contributed by atoms with Crippen molar-refractivity contribution in [1.29, 1.82) is 0 Å². The van der Waals surface area contributed by atoms with E-state index in [1.807, 2.05) is 20.8 Å². The van der Waals surface area contributed by atoms with Crippen molar-refractivity contribution >= 4 is 5.91 Å². The number of carbonyl (C=O) groups excluding carboxylic acids is 1. The van der Waals surface area contributed by atoms with Crippen molar-refractivity contribution in [2.24, 2.45) is 0 Å². The summed E-state index contributed by atoms with van der Waals surface area (Å²) in [6, 6.07) is 2.98. The van der Waals surface area contributed by atoms with Gasteiger partial charge in [0.15, 0.2) is 0 Å². The number of pyridine rings is 1. The maximum Gasteiger partial charge on any atom is 0.256 e. The Labute approximate surface area is 95.1 Å². The van der Waals surface area contributed by atoms with Crippen LogP contribution in [0.15, 0.2) is 18.3 Å². The van der Waals surface area contributed by atoms with E-state index in [0.717, 1.165) is 12.8 Å². The summed E-state index contributed by atoms with van der Waals surface area (Å²) in [4.78, 5) is 15.3. The predicted molar refractivity (Wildman–Crippen MR) is 60.6 cm³/mol. The molecule has 88 valence electrons. The molecule has 1 heterocycles. The van der Waals surface area contributed by atoms with Crippen LogP contribution in [-0.2, 0) is 0 Å². The Morgan fingerprint density at radius 1 is 1.50 bits per heavy atom. The van der Waals surface area contributed by atoms with Crippen LogP contribution in [0.4, 0.5) is 4.39 Å². The van der Waals surface area contributed by atoms with Crippen LogP contribution >= 0.6 is 0 Å². The standard InChI is InChI=1S/C12H17FN2O/c1-4-12(3,5-2)15-11(16)9-7-6-8-14-10(9)13/h6-8H,4-5H2,1-3H3,(H,15,16). The lowest BCUT2D eigenvalue weighted by atomic mass is 9.95. The van der Waals surface area contributed by atoms with Gasteiger partial charge in [-0.3, -0.25) is 4.79 Å². The van der Waals surface area contributed by atoms with Gasteiger partial charge in [0.1, 0.15) is 0 Å². The van der Waals surface area contributed by atoms with Gasteiger partial charge in [0.2, 0.25) is 5.95 Å². The number of carbonyl (C=O) groups is 1. The average Bonchev–Trinajstić information content (AvgIpc) is 2.29. The van der Waals surface area contributed by atoms with Crippen LogP contribution in [0.5, 0.6) is 0 Å². The van der Waals surface area contributed by atoms with Gasteiger partial charge in [0.05, 0.1) is 5.56 Å². The van der Waals surface area contributed by atoms with Crippen LogP contribution in [0, 0.1) is 5.95 Å². The topological polar surface area (TPSA) is 42.0 Å². The molecule has 0 aromatic carbocycles. The molecule has 1 aromatic rings. The SMILES string of the molecule is CCC(C)(CC)NC(=O)c1cccnc1F. The number of hydrogen-bond donors (Lipinski definition) is 1. The zero-order chi connectivity index (χ0) is 12.2. The quantitative estimate of drug-likeness (QED) is 0.798. The van der Waals surface area contributed by atoms with Crippen molar-refractivity contribution in [2.45, 2.75) is 39.2 Å². The van der Waals surface area contributed by atoms with Crippen LogP contribution in [-0.4, -0.2) is 16.4 Å². The van der Waals surface area contributed by atoms with E-state index in [4.69, 9.17) is 0 Å². The minimum atomic E-state index is -0.727. The van der Waals surface area contributed by atoms with Crippen LogP contribution in [0.2, 0.25) is 0 Å². The second kappa shape index (κ2) is 5.05. The second-order valence-electron chi connectivity index (χ2n) is 4.06. The molecule has 1 N–H and O–H groups in total. The summed E-state index contributed by atoms with van der Waals surface area (Å²) >= 11 is 0. The first-order valence-electron chi connectivity index (χ1n) is 5.45. The zero-order valence-electron chi connectivity index (χ0n) is 9.88. The summed E-state index contributed by atoms with van der Waals surface area (Å²) in [6.45, 7) is 5.92. The van der Waals surface area contributed by atoms with Gasteiger partial charge < -0.3 is 5.32 Å². The molecule has 4 heteroatoms. The van der Waals surface area contributed by atoms with E-state index in [-0.39, 0.29) is 11.1 Å². The van der Waals surface area contributed by atoms with Crippen molar-refractivity contribution < 1.29 is 9.18 Å². The van der Waals surface area contributed by atoms with Crippen molar-refractivity contribution in [3.8, 4) is 0 Å². The molecule has 3 nitrogen and oxygen atoms in total. The Morgan fingerprint density at radius 3 is 2.62 bits per heavy atom. The lowest BCUT2D eigenvalue weighted by Gasteiger charge is -2.28. The first kappa shape index (κ1) is 12.6. The fourth-order valence-corrected chi connectivity index (χ4v) is 1.32. The van der Waals surface area contributed by atoms with Crippen molar-refractivity contribution in [2.75, 3.05) is 0 Å². The van der Waals surface area contributed by atoms with E-state index in [9.17, 15) is 9.18 Å². The third kappa shape index (κ3) is 2.78. The molecule has 0 spiro atoms. The van der Waals surface area contributed by atoms with E-state index in [0.29, 0.717) is 0 Å². The summed E-state index contributed by atoms with van der Waals surface area (Å²) < 4.78 is 13.3. The maximum absolute atomic E-state index is 13.3. The zero-order valence-corrected chi connectivity index (χ0v) is 9.88. The molecule has 0 aliphatic rings. The first-order chi connectivity index (χ1) is 7.52. The van der Waals surface area contributed by atoms with Gasteiger partial charge in [-0.25, -0.2) is 4.98 Å². The smallest absolute Gasteiger partial charge is 0.256 e. The Kier molecular flexibility index (Phi) is 3.99. The monoisotopic (exact) mass is 224 g/mol. The van der Waals surface area contributed by atoms with Crippen LogP contribution in [0.3, 0.4) is 0 Å². The van der Waals surface area contributed by atoms with E-state index < -0.39 is 11.9 Å². The Morgan fingerprint density at radius 2 is 2.12 bits per heavy atom. The lowest BCUT2D eigenvalue weighted by Crippen LogP contribution is -2.45. The number of aromatic nitrogens is 1. The molecule has 0 atom stereocenters. The molecule has 1 aromatic heterocycles. The molecule has 1 amide bonds. The number of rotatable bonds is 4. The third-order valence-electron chi connectivity index (χ3n) is 2.98. The molecular weight excluding hydrogens is 207 g/mol. The summed E-state index contributed by atoms with van der Waals surface area (Å²) in [7, 11) is 0. The Hall–Kier alpha value is -1.45. The molecule has 0 fully saturated rings. The second-order valence-corrected chi connectivity index (χ2v) is 4.06. The van der Waals surface area contributed by atoms with Crippen molar-refractivity contribution in [3.05, 3.63) is 29.8 Å². The average molecular weight is 224 g/mol. The van der Waals surface area contributed by atoms with Gasteiger partial charge in [0, 0.05) is 11.7 Å². The molecule has 0 aliphatic carbocycles. The largest absolute Gasteiger partial charge is 0.347 e. The van der Waals surface area contributed by atoms with E-state index in [1.54, 1.807) is 6.07 Å². The maximum atomic E-state index is 13.3. The van der Waals surface area contributed by atoms with Crippen LogP contribution in [0.25, 0.3) is 0 Å². The summed E-state index contributed by atoms with van der Waals surface area (Å²) in [5.74, 6) is -1.13. The highest BCUT2D eigenvalue weighted by atomic mass is 19.1. The minimum Gasteiger partial charge on any atom is -0.347 e. The van der Waals surface area contributed by atoms with Gasteiger partial charge in [-0.15, -0.1) is 0 Å². The molecule has 16 heavy (non-hydrogen) atoms. The highest BCUT2D eigenvalue weighted by molar-refractivity contribution is 5.94. The van der Waals surface area contributed by atoms with E-state index in [2.05, 4.69) is 10.3 Å². The Balaban J connectivity index is 2.84. The number of hydrogen-bond acceptors (Lipinski definition) is 2. The fraction of sp³-hybridized carbons (Fsp3) is 0.500. The van der Waals surface area contributed by atoms with E-state index >= 15 is 0 Å². The first-order valence-corrected chi connectivity index (χ1v) is 5.45. The van der Waals surface area contributed by atoms with Crippen LogP contribution in [0.1, 0.15) is 44.0 Å². The number of nitrogens with one attached hydrogen (secondary N) is 1. The molecule has 0 saturated heterocycles. The molecule has 1 rings (SSSR count). The van der Waals surface area contributed by atoms with Gasteiger partial charge in [-0.2, -0.15) is 4.39 Å². The van der Waals surface area contributed by atoms with Gasteiger partial charge in [-0.1, -0.05) is 13.8 Å². The highest BCUT2D eigenvalue weighted by Gasteiger charge is 2.24. The van der Waals surface area contributed by atoms with Crippen molar-refractivity contribution in [1.82, 2.24) is 10.3 Å². The minimum absolute atomic E-state index is 0.00405. The summed E-state index contributed by atoms with van der Waals surface area (Å²) in [6.07, 6.45) is 2.93. The fourth-order valence-electron chi connectivity index (χ4n) is 1.32.